The van der Waals surface area contributed by atoms with Crippen molar-refractivity contribution in [1.82, 2.24) is 10.3 Å². The number of nitrogens with zero attached hydrogens (tertiary/aromatic N) is 1. The standard InChI is InChI=1S/C9H12N2O2/c1-10-6-7-3-4-11-8(5-7)9(12)13-2/h3-5,10H,6H2,1-2H3. The minimum Gasteiger partial charge on any atom is -0.464 e. The quantitative estimate of drug-likeness (QED) is 0.691. The van der Waals surface area contributed by atoms with Crippen molar-refractivity contribution in [3.8, 4) is 0 Å². The Kier molecular flexibility index (Phi) is 3.40. The molecule has 0 atom stereocenters. The highest BCUT2D eigenvalue weighted by Crippen LogP contribution is 2.02. The van der Waals surface area contributed by atoms with E-state index >= 15 is 0 Å². The molecule has 0 aromatic carbocycles. The Labute approximate surface area is 76.9 Å². The fourth-order valence-corrected chi connectivity index (χ4v) is 1.00. The largest absolute Gasteiger partial charge is 0.464 e. The summed E-state index contributed by atoms with van der Waals surface area (Å²) in [4.78, 5) is 15.0. The van der Waals surface area contributed by atoms with Crippen molar-refractivity contribution in [1.29, 1.82) is 0 Å². The number of esters is 1. The lowest BCUT2D eigenvalue weighted by Gasteiger charge is -2.01. The SMILES string of the molecule is CNCc1ccnc(C(=O)OC)c1. The third-order valence-electron chi connectivity index (χ3n) is 1.60. The van der Waals surface area contributed by atoms with Crippen LogP contribution in [0.1, 0.15) is 16.1 Å². The topological polar surface area (TPSA) is 51.2 Å². The number of rotatable bonds is 3. The molecular weight excluding hydrogens is 168 g/mol. The van der Waals surface area contributed by atoms with E-state index in [-0.39, 0.29) is 0 Å². The smallest absolute Gasteiger partial charge is 0.356 e. The Bertz CT molecular complexity index is 299. The molecule has 0 amide bonds. The zero-order valence-electron chi connectivity index (χ0n) is 7.70. The van der Waals surface area contributed by atoms with Crippen LogP contribution < -0.4 is 5.32 Å². The number of ether oxygens (including phenoxy) is 1. The number of methoxy groups -OCH3 is 1. The fraction of sp³-hybridized carbons (Fsp3) is 0.333. The monoisotopic (exact) mass is 180 g/mol. The molecule has 0 radical (unpaired) electrons. The van der Waals surface area contributed by atoms with Crippen molar-refractivity contribution in [3.05, 3.63) is 29.6 Å². The van der Waals surface area contributed by atoms with Crippen LogP contribution in [0.3, 0.4) is 0 Å². The Morgan fingerprint density at radius 3 is 3.08 bits per heavy atom. The Morgan fingerprint density at radius 1 is 1.69 bits per heavy atom. The van der Waals surface area contributed by atoms with Gasteiger partial charge in [0, 0.05) is 12.7 Å². The second kappa shape index (κ2) is 4.57. The predicted octanol–water partition coefficient (Wildman–Crippen LogP) is 0.588. The van der Waals surface area contributed by atoms with Crippen LogP contribution in [0.2, 0.25) is 0 Å². The van der Waals surface area contributed by atoms with Crippen molar-refractivity contribution in [2.24, 2.45) is 0 Å². The lowest BCUT2D eigenvalue weighted by molar-refractivity contribution is 0.0594. The van der Waals surface area contributed by atoms with E-state index in [2.05, 4.69) is 15.0 Å². The maximum absolute atomic E-state index is 11.1. The molecule has 13 heavy (non-hydrogen) atoms. The van der Waals surface area contributed by atoms with E-state index in [0.29, 0.717) is 12.2 Å². The van der Waals surface area contributed by atoms with Crippen LogP contribution in [-0.4, -0.2) is 25.1 Å². The van der Waals surface area contributed by atoms with Crippen LogP contribution in [-0.2, 0) is 11.3 Å². The summed E-state index contributed by atoms with van der Waals surface area (Å²) in [5.41, 5.74) is 1.35. The number of hydrogen-bond acceptors (Lipinski definition) is 4. The van der Waals surface area contributed by atoms with Crippen LogP contribution in [0.25, 0.3) is 0 Å². The van der Waals surface area contributed by atoms with Gasteiger partial charge in [-0.25, -0.2) is 9.78 Å². The van der Waals surface area contributed by atoms with Crippen LogP contribution in [0.15, 0.2) is 18.3 Å². The highest BCUT2D eigenvalue weighted by atomic mass is 16.5. The van der Waals surface area contributed by atoms with E-state index in [1.165, 1.54) is 7.11 Å². The van der Waals surface area contributed by atoms with E-state index in [1.807, 2.05) is 13.1 Å². The first kappa shape index (κ1) is 9.67. The Morgan fingerprint density at radius 2 is 2.46 bits per heavy atom. The van der Waals surface area contributed by atoms with Gasteiger partial charge in [-0.05, 0) is 24.7 Å². The number of hydrogen-bond donors (Lipinski definition) is 1. The molecule has 0 aliphatic rings. The summed E-state index contributed by atoms with van der Waals surface area (Å²) in [6, 6.07) is 3.56. The highest BCUT2D eigenvalue weighted by molar-refractivity contribution is 5.87. The molecule has 1 N–H and O–H groups in total. The average Bonchev–Trinajstić information content (AvgIpc) is 2.18. The first-order chi connectivity index (χ1) is 6.27. The lowest BCUT2D eigenvalue weighted by atomic mass is 10.2. The van der Waals surface area contributed by atoms with E-state index in [9.17, 15) is 4.79 Å². The van der Waals surface area contributed by atoms with Crippen molar-refractivity contribution in [2.45, 2.75) is 6.54 Å². The third kappa shape index (κ3) is 2.52. The molecule has 4 heteroatoms. The summed E-state index contributed by atoms with van der Waals surface area (Å²) < 4.78 is 4.55. The van der Waals surface area contributed by atoms with E-state index < -0.39 is 5.97 Å². The maximum atomic E-state index is 11.1. The van der Waals surface area contributed by atoms with E-state index in [1.54, 1.807) is 12.3 Å². The summed E-state index contributed by atoms with van der Waals surface area (Å²) in [7, 11) is 3.19. The summed E-state index contributed by atoms with van der Waals surface area (Å²) in [5.74, 6) is -0.405. The first-order valence-corrected chi connectivity index (χ1v) is 3.95. The maximum Gasteiger partial charge on any atom is 0.356 e. The molecule has 0 saturated heterocycles. The van der Waals surface area contributed by atoms with E-state index in [0.717, 1.165) is 5.56 Å². The molecular formula is C9H12N2O2. The number of aromatic nitrogens is 1. The zero-order valence-corrected chi connectivity index (χ0v) is 7.70. The normalized spacial score (nSPS) is 9.69. The Balaban J connectivity index is 2.85. The van der Waals surface area contributed by atoms with Gasteiger partial charge in [0.25, 0.3) is 0 Å². The highest BCUT2D eigenvalue weighted by Gasteiger charge is 2.06. The van der Waals surface area contributed by atoms with Crippen molar-refractivity contribution < 1.29 is 9.53 Å². The van der Waals surface area contributed by atoms with Gasteiger partial charge in [0.05, 0.1) is 7.11 Å². The molecule has 1 aromatic rings. The second-order valence-corrected chi connectivity index (χ2v) is 2.57. The van der Waals surface area contributed by atoms with Gasteiger partial charge in [0.2, 0.25) is 0 Å². The average molecular weight is 180 g/mol. The number of nitrogens with one attached hydrogen (secondary N) is 1. The van der Waals surface area contributed by atoms with E-state index in [4.69, 9.17) is 0 Å². The van der Waals surface area contributed by atoms with Gasteiger partial charge in [-0.2, -0.15) is 0 Å². The van der Waals surface area contributed by atoms with Crippen molar-refractivity contribution >= 4 is 5.97 Å². The van der Waals surface area contributed by atoms with Gasteiger partial charge in [0.1, 0.15) is 5.69 Å². The minimum absolute atomic E-state index is 0.343. The molecule has 0 aliphatic carbocycles. The van der Waals surface area contributed by atoms with Gasteiger partial charge in [0.15, 0.2) is 0 Å². The molecule has 0 saturated carbocycles. The molecule has 1 aromatic heterocycles. The van der Waals surface area contributed by atoms with Crippen molar-refractivity contribution in [3.63, 3.8) is 0 Å². The number of carbonyl (C=O) groups excluding carboxylic acids is 1. The minimum atomic E-state index is -0.405. The molecule has 0 unspecified atom stereocenters. The van der Waals surface area contributed by atoms with Crippen molar-refractivity contribution in [2.75, 3.05) is 14.2 Å². The molecule has 1 heterocycles. The molecule has 0 spiro atoms. The van der Waals surface area contributed by atoms with Gasteiger partial charge in [-0.15, -0.1) is 0 Å². The summed E-state index contributed by atoms with van der Waals surface area (Å²) in [6.45, 7) is 0.715. The van der Waals surface area contributed by atoms with Crippen LogP contribution >= 0.6 is 0 Å². The molecule has 0 aliphatic heterocycles. The summed E-state index contributed by atoms with van der Waals surface area (Å²) in [6.07, 6.45) is 1.60. The molecule has 1 rings (SSSR count). The summed E-state index contributed by atoms with van der Waals surface area (Å²) in [5, 5.41) is 2.99. The van der Waals surface area contributed by atoms with Gasteiger partial charge < -0.3 is 10.1 Å². The third-order valence-corrected chi connectivity index (χ3v) is 1.60. The molecule has 70 valence electrons. The van der Waals surface area contributed by atoms with Crippen LogP contribution in [0, 0.1) is 0 Å². The zero-order chi connectivity index (χ0) is 9.68. The number of pyridine rings is 1. The number of carbonyl (C=O) groups is 1. The van der Waals surface area contributed by atoms with Crippen LogP contribution in [0.5, 0.6) is 0 Å². The second-order valence-electron chi connectivity index (χ2n) is 2.57. The predicted molar refractivity (Wildman–Crippen MR) is 48.3 cm³/mol. The molecule has 4 nitrogen and oxygen atoms in total. The summed E-state index contributed by atoms with van der Waals surface area (Å²) >= 11 is 0. The van der Waals surface area contributed by atoms with Gasteiger partial charge in [-0.3, -0.25) is 0 Å². The Hall–Kier alpha value is -1.42. The van der Waals surface area contributed by atoms with Gasteiger partial charge >= 0.3 is 5.97 Å². The molecule has 0 fully saturated rings. The fourth-order valence-electron chi connectivity index (χ4n) is 1.00. The molecule has 0 bridgehead atoms. The van der Waals surface area contributed by atoms with Gasteiger partial charge in [-0.1, -0.05) is 0 Å². The first-order valence-electron chi connectivity index (χ1n) is 3.95. The lowest BCUT2D eigenvalue weighted by Crippen LogP contribution is -2.08. The van der Waals surface area contributed by atoms with Crippen LogP contribution in [0.4, 0.5) is 0 Å².